The first kappa shape index (κ1) is 9.96. The maximum atomic E-state index is 11.9. The zero-order valence-corrected chi connectivity index (χ0v) is 8.66. The number of aromatic nitrogens is 2. The van der Waals surface area contributed by atoms with Crippen LogP contribution >= 0.6 is 0 Å². The molecule has 0 N–H and O–H groups in total. The van der Waals surface area contributed by atoms with E-state index >= 15 is 0 Å². The van der Waals surface area contributed by atoms with Crippen molar-refractivity contribution in [2.45, 2.75) is 27.2 Å². The van der Waals surface area contributed by atoms with Crippen molar-refractivity contribution in [1.29, 1.82) is 0 Å². The van der Waals surface area contributed by atoms with Crippen molar-refractivity contribution < 1.29 is 4.79 Å². The van der Waals surface area contributed by atoms with Gasteiger partial charge in [0.05, 0.1) is 11.8 Å². The molecule has 0 atom stereocenters. The van der Waals surface area contributed by atoms with E-state index in [2.05, 4.69) is 5.10 Å². The Labute approximate surface area is 78.8 Å². The van der Waals surface area contributed by atoms with Crippen LogP contribution in [0, 0.1) is 5.41 Å². The van der Waals surface area contributed by atoms with Gasteiger partial charge in [0, 0.05) is 18.7 Å². The number of hydrogen-bond donors (Lipinski definition) is 0. The summed E-state index contributed by atoms with van der Waals surface area (Å²) in [6.07, 6.45) is 4.24. The monoisotopic (exact) mass is 180 g/mol. The lowest BCUT2D eigenvalue weighted by atomic mass is 9.83. The molecule has 1 aromatic rings. The molecule has 13 heavy (non-hydrogen) atoms. The highest BCUT2D eigenvalue weighted by Gasteiger charge is 2.27. The van der Waals surface area contributed by atoms with E-state index in [1.54, 1.807) is 17.1 Å². The molecular weight excluding hydrogens is 164 g/mol. The fraction of sp³-hybridized carbons (Fsp3) is 0.600. The van der Waals surface area contributed by atoms with Gasteiger partial charge in [-0.2, -0.15) is 5.10 Å². The Bertz CT molecular complexity index is 312. The van der Waals surface area contributed by atoms with Gasteiger partial charge in [-0.15, -0.1) is 0 Å². The minimum Gasteiger partial charge on any atom is -0.293 e. The average molecular weight is 180 g/mol. The lowest BCUT2D eigenvalue weighted by Gasteiger charge is -2.19. The fourth-order valence-electron chi connectivity index (χ4n) is 1.09. The average Bonchev–Trinajstić information content (AvgIpc) is 2.50. The van der Waals surface area contributed by atoms with Crippen molar-refractivity contribution in [3.8, 4) is 0 Å². The molecule has 0 aliphatic carbocycles. The Morgan fingerprint density at radius 3 is 2.62 bits per heavy atom. The van der Waals surface area contributed by atoms with Crippen molar-refractivity contribution >= 4 is 5.78 Å². The molecule has 0 bridgehead atoms. The number of carbonyl (C=O) groups excluding carboxylic acids is 1. The zero-order chi connectivity index (χ0) is 10.1. The van der Waals surface area contributed by atoms with Gasteiger partial charge >= 0.3 is 0 Å². The predicted octanol–water partition coefficient (Wildman–Crippen LogP) is 2.04. The van der Waals surface area contributed by atoms with Gasteiger partial charge in [0.2, 0.25) is 0 Å². The molecule has 0 amide bonds. The lowest BCUT2D eigenvalue weighted by molar-refractivity contribution is 0.0833. The Morgan fingerprint density at radius 1 is 1.62 bits per heavy atom. The van der Waals surface area contributed by atoms with E-state index in [0.29, 0.717) is 5.56 Å². The van der Waals surface area contributed by atoms with E-state index in [9.17, 15) is 4.79 Å². The first-order valence-corrected chi connectivity index (χ1v) is 4.51. The summed E-state index contributed by atoms with van der Waals surface area (Å²) in [7, 11) is 1.82. The quantitative estimate of drug-likeness (QED) is 0.667. The van der Waals surface area contributed by atoms with Gasteiger partial charge in [-0.1, -0.05) is 20.8 Å². The van der Waals surface area contributed by atoms with Crippen molar-refractivity contribution in [2.24, 2.45) is 12.5 Å². The van der Waals surface area contributed by atoms with E-state index in [1.165, 1.54) is 0 Å². The second-order valence-corrected chi connectivity index (χ2v) is 3.97. The van der Waals surface area contributed by atoms with Crippen molar-refractivity contribution in [1.82, 2.24) is 9.78 Å². The number of ketones is 1. The molecular formula is C10H16N2O. The molecule has 1 rings (SSSR count). The highest BCUT2D eigenvalue weighted by atomic mass is 16.1. The van der Waals surface area contributed by atoms with Crippen LogP contribution in [-0.2, 0) is 7.05 Å². The van der Waals surface area contributed by atoms with Crippen LogP contribution < -0.4 is 0 Å². The predicted molar refractivity (Wildman–Crippen MR) is 51.6 cm³/mol. The molecule has 1 aromatic heterocycles. The second kappa shape index (κ2) is 3.32. The fourth-order valence-corrected chi connectivity index (χ4v) is 1.09. The topological polar surface area (TPSA) is 34.9 Å². The largest absolute Gasteiger partial charge is 0.293 e. The SMILES string of the molecule is CCC(C)(C)C(=O)c1cnn(C)c1. The molecule has 3 nitrogen and oxygen atoms in total. The Morgan fingerprint density at radius 2 is 2.23 bits per heavy atom. The van der Waals surface area contributed by atoms with Crippen LogP contribution in [0.4, 0.5) is 0 Å². The molecule has 72 valence electrons. The number of Topliss-reactive ketones (excluding diaryl/α,β-unsaturated/α-hetero) is 1. The Hall–Kier alpha value is -1.12. The first-order chi connectivity index (χ1) is 5.97. The third-order valence-corrected chi connectivity index (χ3v) is 2.47. The lowest BCUT2D eigenvalue weighted by Crippen LogP contribution is -2.22. The van der Waals surface area contributed by atoms with Crippen LogP contribution in [0.2, 0.25) is 0 Å². The number of nitrogens with zero attached hydrogens (tertiary/aromatic N) is 2. The van der Waals surface area contributed by atoms with Gasteiger partial charge in [0.15, 0.2) is 5.78 Å². The summed E-state index contributed by atoms with van der Waals surface area (Å²) in [4.78, 5) is 11.9. The third-order valence-electron chi connectivity index (χ3n) is 2.47. The highest BCUT2D eigenvalue weighted by molar-refractivity contribution is 5.99. The van der Waals surface area contributed by atoms with Gasteiger partial charge < -0.3 is 0 Å². The maximum Gasteiger partial charge on any atom is 0.171 e. The number of rotatable bonds is 3. The minimum atomic E-state index is -0.275. The summed E-state index contributed by atoms with van der Waals surface area (Å²) in [6.45, 7) is 5.94. The standard InChI is InChI=1S/C10H16N2O/c1-5-10(2,3)9(13)8-6-11-12(4)7-8/h6-7H,5H2,1-4H3. The van der Waals surface area contributed by atoms with Crippen molar-refractivity contribution in [2.75, 3.05) is 0 Å². The van der Waals surface area contributed by atoms with E-state index in [4.69, 9.17) is 0 Å². The second-order valence-electron chi connectivity index (χ2n) is 3.97. The molecule has 0 saturated heterocycles. The van der Waals surface area contributed by atoms with Crippen LogP contribution in [0.25, 0.3) is 0 Å². The van der Waals surface area contributed by atoms with Crippen LogP contribution in [0.1, 0.15) is 37.6 Å². The highest BCUT2D eigenvalue weighted by Crippen LogP contribution is 2.24. The molecule has 0 saturated carbocycles. The first-order valence-electron chi connectivity index (χ1n) is 4.51. The van der Waals surface area contributed by atoms with E-state index in [-0.39, 0.29) is 11.2 Å². The summed E-state index contributed by atoms with van der Waals surface area (Å²) in [6, 6.07) is 0. The van der Waals surface area contributed by atoms with Gasteiger partial charge in [0.25, 0.3) is 0 Å². The zero-order valence-electron chi connectivity index (χ0n) is 8.66. The third kappa shape index (κ3) is 1.97. The molecule has 0 spiro atoms. The Balaban J connectivity index is 2.91. The summed E-state index contributed by atoms with van der Waals surface area (Å²) in [5.41, 5.74) is 0.428. The van der Waals surface area contributed by atoms with Crippen molar-refractivity contribution in [3.63, 3.8) is 0 Å². The molecule has 0 aliphatic heterocycles. The molecule has 0 radical (unpaired) electrons. The summed E-state index contributed by atoms with van der Waals surface area (Å²) in [5, 5.41) is 3.98. The number of carbonyl (C=O) groups is 1. The minimum absolute atomic E-state index is 0.170. The molecule has 1 heterocycles. The van der Waals surface area contributed by atoms with E-state index < -0.39 is 0 Å². The summed E-state index contributed by atoms with van der Waals surface area (Å²) < 4.78 is 1.65. The summed E-state index contributed by atoms with van der Waals surface area (Å²) in [5.74, 6) is 0.170. The smallest absolute Gasteiger partial charge is 0.171 e. The normalized spacial score (nSPS) is 11.7. The maximum absolute atomic E-state index is 11.9. The van der Waals surface area contributed by atoms with Crippen molar-refractivity contribution in [3.05, 3.63) is 18.0 Å². The number of aryl methyl sites for hydroxylation is 1. The molecule has 0 fully saturated rings. The Kier molecular flexibility index (Phi) is 2.55. The van der Waals surface area contributed by atoms with Gasteiger partial charge in [-0.25, -0.2) is 0 Å². The van der Waals surface area contributed by atoms with Gasteiger partial charge in [0.1, 0.15) is 0 Å². The van der Waals surface area contributed by atoms with Gasteiger partial charge in [-0.3, -0.25) is 9.48 Å². The van der Waals surface area contributed by atoms with Crippen LogP contribution in [0.15, 0.2) is 12.4 Å². The molecule has 0 unspecified atom stereocenters. The molecule has 0 aliphatic rings. The molecule has 3 heteroatoms. The van der Waals surface area contributed by atoms with E-state index in [1.807, 2.05) is 27.8 Å². The van der Waals surface area contributed by atoms with Crippen LogP contribution in [0.5, 0.6) is 0 Å². The molecule has 0 aromatic carbocycles. The van der Waals surface area contributed by atoms with Gasteiger partial charge in [-0.05, 0) is 6.42 Å². The van der Waals surface area contributed by atoms with Crippen LogP contribution in [0.3, 0.4) is 0 Å². The summed E-state index contributed by atoms with van der Waals surface area (Å²) >= 11 is 0. The van der Waals surface area contributed by atoms with Crippen LogP contribution in [-0.4, -0.2) is 15.6 Å². The number of hydrogen-bond acceptors (Lipinski definition) is 2. The van der Waals surface area contributed by atoms with E-state index in [0.717, 1.165) is 6.42 Å².